The third-order valence-electron chi connectivity index (χ3n) is 2.36. The molecule has 0 amide bonds. The van der Waals surface area contributed by atoms with Crippen LogP contribution in [0.4, 0.5) is 0 Å². The summed E-state index contributed by atoms with van der Waals surface area (Å²) in [5.41, 5.74) is 0. The van der Waals surface area contributed by atoms with Gasteiger partial charge in [0.1, 0.15) is 16.1 Å². The molecular formula is C13H12Cl2N2O2. The SMILES string of the molecule is COc1ccccc1OCCc1nc(Cl)cc(Cl)n1. The first-order valence-corrected chi connectivity index (χ1v) is 6.39. The lowest BCUT2D eigenvalue weighted by Gasteiger charge is -2.09. The summed E-state index contributed by atoms with van der Waals surface area (Å²) in [6, 6.07) is 8.93. The van der Waals surface area contributed by atoms with E-state index < -0.39 is 0 Å². The highest BCUT2D eigenvalue weighted by atomic mass is 35.5. The molecule has 2 rings (SSSR count). The second-order valence-electron chi connectivity index (χ2n) is 3.68. The first-order chi connectivity index (χ1) is 9.19. The molecule has 0 fully saturated rings. The van der Waals surface area contributed by atoms with Gasteiger partial charge in [0, 0.05) is 12.5 Å². The maximum Gasteiger partial charge on any atom is 0.161 e. The van der Waals surface area contributed by atoms with Crippen LogP contribution >= 0.6 is 23.2 Å². The van der Waals surface area contributed by atoms with Crippen molar-refractivity contribution in [3.05, 3.63) is 46.5 Å². The molecule has 0 unspecified atom stereocenters. The van der Waals surface area contributed by atoms with Crippen LogP contribution < -0.4 is 9.47 Å². The van der Waals surface area contributed by atoms with E-state index in [2.05, 4.69) is 9.97 Å². The largest absolute Gasteiger partial charge is 0.493 e. The van der Waals surface area contributed by atoms with Crippen molar-refractivity contribution in [2.75, 3.05) is 13.7 Å². The van der Waals surface area contributed by atoms with E-state index in [0.717, 1.165) is 0 Å². The molecule has 0 bridgehead atoms. The molecule has 100 valence electrons. The molecule has 0 atom stereocenters. The van der Waals surface area contributed by atoms with Crippen LogP contribution in [0.25, 0.3) is 0 Å². The number of methoxy groups -OCH3 is 1. The summed E-state index contributed by atoms with van der Waals surface area (Å²) in [7, 11) is 1.60. The van der Waals surface area contributed by atoms with Crippen LogP contribution in [0.5, 0.6) is 11.5 Å². The molecule has 1 heterocycles. The fraction of sp³-hybridized carbons (Fsp3) is 0.231. The Kier molecular flexibility index (Phi) is 4.82. The second-order valence-corrected chi connectivity index (χ2v) is 4.45. The Bertz CT molecular complexity index is 544. The van der Waals surface area contributed by atoms with Crippen LogP contribution in [0.1, 0.15) is 5.82 Å². The predicted octanol–water partition coefficient (Wildman–Crippen LogP) is 3.41. The van der Waals surface area contributed by atoms with E-state index in [1.54, 1.807) is 7.11 Å². The highest BCUT2D eigenvalue weighted by Gasteiger charge is 2.05. The van der Waals surface area contributed by atoms with E-state index in [-0.39, 0.29) is 0 Å². The molecule has 0 N–H and O–H groups in total. The molecule has 0 spiro atoms. The Balaban J connectivity index is 1.96. The topological polar surface area (TPSA) is 44.2 Å². The maximum atomic E-state index is 5.80. The molecule has 0 aliphatic rings. The van der Waals surface area contributed by atoms with Gasteiger partial charge >= 0.3 is 0 Å². The van der Waals surface area contributed by atoms with Gasteiger partial charge in [-0.1, -0.05) is 35.3 Å². The standard InChI is InChI=1S/C13H12Cl2N2O2/c1-18-9-4-2-3-5-10(9)19-7-6-13-16-11(14)8-12(15)17-13/h2-5,8H,6-7H2,1H3. The monoisotopic (exact) mass is 298 g/mol. The van der Waals surface area contributed by atoms with Crippen LogP contribution in [0.2, 0.25) is 10.3 Å². The van der Waals surface area contributed by atoms with Gasteiger partial charge in [-0.2, -0.15) is 0 Å². The Hall–Kier alpha value is -1.52. The molecule has 0 aliphatic heterocycles. The van der Waals surface area contributed by atoms with Crippen molar-refractivity contribution in [2.45, 2.75) is 6.42 Å². The smallest absolute Gasteiger partial charge is 0.161 e. The summed E-state index contributed by atoms with van der Waals surface area (Å²) in [5.74, 6) is 1.91. The van der Waals surface area contributed by atoms with Gasteiger partial charge in [0.15, 0.2) is 11.5 Å². The maximum absolute atomic E-state index is 5.80. The zero-order chi connectivity index (χ0) is 13.7. The third kappa shape index (κ3) is 3.98. The van der Waals surface area contributed by atoms with Gasteiger partial charge < -0.3 is 9.47 Å². The highest BCUT2D eigenvalue weighted by Crippen LogP contribution is 2.25. The van der Waals surface area contributed by atoms with Gasteiger partial charge in [-0.05, 0) is 12.1 Å². The van der Waals surface area contributed by atoms with Crippen LogP contribution in [-0.4, -0.2) is 23.7 Å². The zero-order valence-electron chi connectivity index (χ0n) is 10.3. The van der Waals surface area contributed by atoms with Crippen molar-refractivity contribution in [1.29, 1.82) is 0 Å². The second kappa shape index (κ2) is 6.59. The average Bonchev–Trinajstić information content (AvgIpc) is 2.38. The van der Waals surface area contributed by atoms with E-state index in [4.69, 9.17) is 32.7 Å². The lowest BCUT2D eigenvalue weighted by molar-refractivity contribution is 0.295. The summed E-state index contributed by atoms with van der Waals surface area (Å²) < 4.78 is 10.8. The quantitative estimate of drug-likeness (QED) is 0.794. The minimum Gasteiger partial charge on any atom is -0.493 e. The zero-order valence-corrected chi connectivity index (χ0v) is 11.8. The van der Waals surface area contributed by atoms with Crippen LogP contribution in [-0.2, 0) is 6.42 Å². The molecule has 0 saturated carbocycles. The van der Waals surface area contributed by atoms with Crippen molar-refractivity contribution < 1.29 is 9.47 Å². The number of benzene rings is 1. The molecule has 0 radical (unpaired) electrons. The number of aromatic nitrogens is 2. The molecule has 19 heavy (non-hydrogen) atoms. The van der Waals surface area contributed by atoms with Crippen molar-refractivity contribution in [3.63, 3.8) is 0 Å². The van der Waals surface area contributed by atoms with E-state index in [1.165, 1.54) is 6.07 Å². The summed E-state index contributed by atoms with van der Waals surface area (Å²) >= 11 is 11.6. The number of ether oxygens (including phenoxy) is 2. The summed E-state index contributed by atoms with van der Waals surface area (Å²) in [6.45, 7) is 0.414. The van der Waals surface area contributed by atoms with E-state index >= 15 is 0 Å². The van der Waals surface area contributed by atoms with Gasteiger partial charge in [0.25, 0.3) is 0 Å². The van der Waals surface area contributed by atoms with E-state index in [9.17, 15) is 0 Å². The minimum atomic E-state index is 0.326. The number of hydrogen-bond donors (Lipinski definition) is 0. The molecule has 0 aliphatic carbocycles. The lowest BCUT2D eigenvalue weighted by Crippen LogP contribution is -2.06. The fourth-order valence-electron chi connectivity index (χ4n) is 1.54. The molecule has 4 nitrogen and oxygen atoms in total. The molecular weight excluding hydrogens is 287 g/mol. The Morgan fingerprint density at radius 2 is 1.68 bits per heavy atom. The van der Waals surface area contributed by atoms with Gasteiger partial charge in [0.2, 0.25) is 0 Å². The van der Waals surface area contributed by atoms with Gasteiger partial charge in [-0.15, -0.1) is 0 Å². The predicted molar refractivity (Wildman–Crippen MR) is 74.2 cm³/mol. The van der Waals surface area contributed by atoms with Crippen molar-refractivity contribution in [1.82, 2.24) is 9.97 Å². The number of rotatable bonds is 5. The Labute approximate surface area is 121 Å². The number of para-hydroxylation sites is 2. The van der Waals surface area contributed by atoms with Crippen LogP contribution in [0.3, 0.4) is 0 Å². The third-order valence-corrected chi connectivity index (χ3v) is 2.75. The average molecular weight is 299 g/mol. The Morgan fingerprint density at radius 3 is 2.32 bits per heavy atom. The van der Waals surface area contributed by atoms with Crippen molar-refractivity contribution in [3.8, 4) is 11.5 Å². The van der Waals surface area contributed by atoms with E-state index in [0.29, 0.717) is 40.7 Å². The number of nitrogens with zero attached hydrogens (tertiary/aromatic N) is 2. The minimum absolute atomic E-state index is 0.326. The van der Waals surface area contributed by atoms with Gasteiger partial charge in [0.05, 0.1) is 13.7 Å². The van der Waals surface area contributed by atoms with Crippen LogP contribution in [0, 0.1) is 0 Å². The van der Waals surface area contributed by atoms with Crippen LogP contribution in [0.15, 0.2) is 30.3 Å². The highest BCUT2D eigenvalue weighted by molar-refractivity contribution is 6.33. The van der Waals surface area contributed by atoms with Gasteiger partial charge in [-0.25, -0.2) is 9.97 Å². The lowest BCUT2D eigenvalue weighted by atomic mass is 10.3. The normalized spacial score (nSPS) is 10.3. The van der Waals surface area contributed by atoms with Crippen molar-refractivity contribution >= 4 is 23.2 Å². The molecule has 1 aromatic carbocycles. The van der Waals surface area contributed by atoms with E-state index in [1.807, 2.05) is 24.3 Å². The summed E-state index contributed by atoms with van der Waals surface area (Å²) in [6.07, 6.45) is 0.512. The molecule has 6 heteroatoms. The fourth-order valence-corrected chi connectivity index (χ4v) is 1.99. The van der Waals surface area contributed by atoms with Gasteiger partial charge in [-0.3, -0.25) is 0 Å². The molecule has 2 aromatic rings. The first kappa shape index (κ1) is 13.9. The first-order valence-electron chi connectivity index (χ1n) is 5.64. The number of hydrogen-bond acceptors (Lipinski definition) is 4. The molecule has 0 saturated heterocycles. The molecule has 1 aromatic heterocycles. The Morgan fingerprint density at radius 1 is 1.05 bits per heavy atom. The number of halogens is 2. The summed E-state index contributed by atoms with van der Waals surface area (Å²) in [5, 5.41) is 0.652. The summed E-state index contributed by atoms with van der Waals surface area (Å²) in [4.78, 5) is 8.13. The van der Waals surface area contributed by atoms with Crippen molar-refractivity contribution in [2.24, 2.45) is 0 Å².